The summed E-state index contributed by atoms with van der Waals surface area (Å²) in [6.07, 6.45) is 0.534. The van der Waals surface area contributed by atoms with Gasteiger partial charge in [-0.15, -0.1) is 0 Å². The third kappa shape index (κ3) is 5.44. The van der Waals surface area contributed by atoms with Crippen molar-refractivity contribution in [1.29, 1.82) is 0 Å². The normalized spacial score (nSPS) is 13.1. The van der Waals surface area contributed by atoms with Crippen molar-refractivity contribution in [1.82, 2.24) is 14.5 Å². The Kier molecular flexibility index (Phi) is 7.09. The molecular weight excluding hydrogens is 471 g/mol. The van der Waals surface area contributed by atoms with E-state index in [4.69, 9.17) is 9.72 Å². The quantitative estimate of drug-likeness (QED) is 0.412. The highest BCUT2D eigenvalue weighted by molar-refractivity contribution is 5.92. The number of methoxy groups -OCH3 is 1. The Hall–Kier alpha value is -4.30. The minimum Gasteiger partial charge on any atom is -0.495 e. The van der Waals surface area contributed by atoms with Gasteiger partial charge < -0.3 is 10.1 Å². The maximum atomic E-state index is 13.7. The van der Waals surface area contributed by atoms with Crippen molar-refractivity contribution in [2.24, 2.45) is 0 Å². The lowest BCUT2D eigenvalue weighted by Gasteiger charge is -2.29. The minimum atomic E-state index is -0.391. The van der Waals surface area contributed by atoms with Crippen molar-refractivity contribution < 1.29 is 13.9 Å². The van der Waals surface area contributed by atoms with E-state index in [0.29, 0.717) is 53.6 Å². The number of hydrogen-bond acceptors (Lipinski definition) is 5. The van der Waals surface area contributed by atoms with Gasteiger partial charge in [-0.05, 0) is 48.4 Å². The van der Waals surface area contributed by atoms with Gasteiger partial charge in [-0.3, -0.25) is 19.1 Å². The van der Waals surface area contributed by atoms with E-state index in [9.17, 15) is 14.0 Å². The van der Waals surface area contributed by atoms with Crippen LogP contribution in [-0.4, -0.2) is 34.0 Å². The number of fused-ring (bicyclic) bond motifs is 1. The molecule has 1 aliphatic heterocycles. The molecule has 8 heteroatoms. The Bertz CT molecular complexity index is 1470. The summed E-state index contributed by atoms with van der Waals surface area (Å²) in [6.45, 7) is 1.74. The lowest BCUT2D eigenvalue weighted by atomic mass is 10.0. The number of carbonyl (C=O) groups excluding carboxylic acids is 1. The van der Waals surface area contributed by atoms with E-state index < -0.39 is 11.7 Å². The zero-order valence-electron chi connectivity index (χ0n) is 20.5. The fourth-order valence-corrected chi connectivity index (χ4v) is 4.60. The van der Waals surface area contributed by atoms with Crippen molar-refractivity contribution in [3.63, 3.8) is 0 Å². The maximum Gasteiger partial charge on any atom is 0.257 e. The van der Waals surface area contributed by atoms with Crippen LogP contribution < -0.4 is 15.6 Å². The number of nitrogens with one attached hydrogen (secondary N) is 1. The number of aromatic nitrogens is 2. The van der Waals surface area contributed by atoms with Crippen LogP contribution in [0.3, 0.4) is 0 Å². The SMILES string of the molecule is COc1ccccc1NC(=O)Cn1c(-c2ccc(F)cc2)nc2c(c1=O)CCN(Cc1ccccc1)C2. The topological polar surface area (TPSA) is 76.5 Å². The first-order valence-electron chi connectivity index (χ1n) is 12.1. The predicted octanol–water partition coefficient (Wildman–Crippen LogP) is 4.26. The van der Waals surface area contributed by atoms with Crippen molar-refractivity contribution >= 4 is 11.6 Å². The molecule has 0 saturated carbocycles. The van der Waals surface area contributed by atoms with Crippen molar-refractivity contribution in [2.45, 2.75) is 26.1 Å². The largest absolute Gasteiger partial charge is 0.495 e. The maximum absolute atomic E-state index is 13.7. The van der Waals surface area contributed by atoms with Gasteiger partial charge in [0.2, 0.25) is 5.91 Å². The fourth-order valence-electron chi connectivity index (χ4n) is 4.60. The molecule has 0 fully saturated rings. The molecule has 0 spiro atoms. The number of hydrogen-bond donors (Lipinski definition) is 1. The second kappa shape index (κ2) is 10.8. The summed E-state index contributed by atoms with van der Waals surface area (Å²) in [5.74, 6) is 0.0706. The third-order valence-corrected chi connectivity index (χ3v) is 6.43. The summed E-state index contributed by atoms with van der Waals surface area (Å²) in [5, 5.41) is 2.82. The Morgan fingerprint density at radius 2 is 1.76 bits per heavy atom. The number of carbonyl (C=O) groups is 1. The van der Waals surface area contributed by atoms with Gasteiger partial charge in [0, 0.05) is 30.8 Å². The van der Waals surface area contributed by atoms with Crippen LogP contribution in [0.1, 0.15) is 16.8 Å². The van der Waals surface area contributed by atoms with Crippen molar-refractivity contribution in [3.05, 3.63) is 112 Å². The number of amides is 1. The number of rotatable bonds is 7. The number of anilines is 1. The molecule has 1 N–H and O–H groups in total. The van der Waals surface area contributed by atoms with Gasteiger partial charge in [-0.25, -0.2) is 9.37 Å². The monoisotopic (exact) mass is 498 g/mol. The van der Waals surface area contributed by atoms with Gasteiger partial charge in [-0.1, -0.05) is 42.5 Å². The summed E-state index contributed by atoms with van der Waals surface area (Å²) < 4.78 is 20.4. The number of para-hydroxylation sites is 2. The molecule has 0 atom stereocenters. The predicted molar refractivity (Wildman–Crippen MR) is 140 cm³/mol. The molecule has 0 unspecified atom stereocenters. The average Bonchev–Trinajstić information content (AvgIpc) is 2.91. The highest BCUT2D eigenvalue weighted by Gasteiger charge is 2.25. The van der Waals surface area contributed by atoms with Crippen LogP contribution >= 0.6 is 0 Å². The zero-order valence-corrected chi connectivity index (χ0v) is 20.5. The average molecular weight is 499 g/mol. The summed E-state index contributed by atoms with van der Waals surface area (Å²) in [7, 11) is 1.52. The molecule has 5 rings (SSSR count). The minimum absolute atomic E-state index is 0.238. The van der Waals surface area contributed by atoms with Crippen LogP contribution in [0.2, 0.25) is 0 Å². The molecule has 7 nitrogen and oxygen atoms in total. The fraction of sp³-hybridized carbons (Fsp3) is 0.207. The van der Waals surface area contributed by atoms with E-state index in [-0.39, 0.29) is 12.1 Å². The molecule has 37 heavy (non-hydrogen) atoms. The molecule has 0 radical (unpaired) electrons. The van der Waals surface area contributed by atoms with Gasteiger partial charge in [0.25, 0.3) is 5.56 Å². The van der Waals surface area contributed by atoms with Crippen LogP contribution in [0.5, 0.6) is 5.75 Å². The summed E-state index contributed by atoms with van der Waals surface area (Å²) >= 11 is 0. The smallest absolute Gasteiger partial charge is 0.257 e. The standard InChI is InChI=1S/C29H27FN4O3/c1-37-26-10-6-5-9-24(26)31-27(35)19-34-28(21-11-13-22(30)14-12-21)32-25-18-33(16-15-23(25)29(34)36)17-20-7-3-2-4-8-20/h2-14H,15-19H2,1H3,(H,31,35). The molecule has 1 amide bonds. The summed E-state index contributed by atoms with van der Waals surface area (Å²) in [6, 6.07) is 23.0. The Labute approximate surface area is 214 Å². The van der Waals surface area contributed by atoms with E-state index in [1.165, 1.54) is 29.4 Å². The van der Waals surface area contributed by atoms with E-state index in [0.717, 1.165) is 6.54 Å². The first-order valence-corrected chi connectivity index (χ1v) is 12.1. The van der Waals surface area contributed by atoms with Crippen LogP contribution in [0.15, 0.2) is 83.7 Å². The summed E-state index contributed by atoms with van der Waals surface area (Å²) in [4.78, 5) is 33.8. The van der Waals surface area contributed by atoms with Gasteiger partial charge >= 0.3 is 0 Å². The number of nitrogens with zero attached hydrogens (tertiary/aromatic N) is 3. The van der Waals surface area contributed by atoms with E-state index >= 15 is 0 Å². The molecule has 0 aliphatic carbocycles. The molecular formula is C29H27FN4O3. The second-order valence-corrected chi connectivity index (χ2v) is 8.95. The Balaban J connectivity index is 1.48. The lowest BCUT2D eigenvalue weighted by Crippen LogP contribution is -2.39. The Morgan fingerprint density at radius 1 is 1.03 bits per heavy atom. The molecule has 1 aromatic heterocycles. The zero-order chi connectivity index (χ0) is 25.8. The summed E-state index contributed by atoms with van der Waals surface area (Å²) in [5.41, 5.74) is 3.30. The van der Waals surface area contributed by atoms with Crippen molar-refractivity contribution in [3.8, 4) is 17.1 Å². The highest BCUT2D eigenvalue weighted by atomic mass is 19.1. The highest BCUT2D eigenvalue weighted by Crippen LogP contribution is 2.25. The molecule has 2 heterocycles. The number of benzene rings is 3. The molecule has 1 aliphatic rings. The lowest BCUT2D eigenvalue weighted by molar-refractivity contribution is -0.116. The van der Waals surface area contributed by atoms with Crippen molar-refractivity contribution in [2.75, 3.05) is 19.0 Å². The number of halogens is 1. The van der Waals surface area contributed by atoms with Gasteiger partial charge in [0.1, 0.15) is 23.9 Å². The van der Waals surface area contributed by atoms with Gasteiger partial charge in [0.05, 0.1) is 18.5 Å². The second-order valence-electron chi connectivity index (χ2n) is 8.95. The molecule has 188 valence electrons. The molecule has 3 aromatic carbocycles. The first kappa shape index (κ1) is 24.4. The number of ether oxygens (including phenoxy) is 1. The third-order valence-electron chi connectivity index (χ3n) is 6.43. The Morgan fingerprint density at radius 3 is 2.51 bits per heavy atom. The molecule has 0 saturated heterocycles. The van der Waals surface area contributed by atoms with E-state index in [2.05, 4.69) is 22.3 Å². The van der Waals surface area contributed by atoms with Gasteiger partial charge in [0.15, 0.2) is 0 Å². The van der Waals surface area contributed by atoms with Gasteiger partial charge in [-0.2, -0.15) is 0 Å². The van der Waals surface area contributed by atoms with Crippen LogP contribution in [0.25, 0.3) is 11.4 Å². The van der Waals surface area contributed by atoms with E-state index in [1.54, 1.807) is 36.4 Å². The van der Waals surface area contributed by atoms with E-state index in [1.807, 2.05) is 18.2 Å². The van der Waals surface area contributed by atoms with Crippen LogP contribution in [0.4, 0.5) is 10.1 Å². The molecule has 4 aromatic rings. The van der Waals surface area contributed by atoms with Crippen LogP contribution in [0, 0.1) is 5.82 Å². The van der Waals surface area contributed by atoms with Crippen LogP contribution in [-0.2, 0) is 30.8 Å². The first-order chi connectivity index (χ1) is 18.0. The molecule has 0 bridgehead atoms.